The van der Waals surface area contributed by atoms with Gasteiger partial charge in [-0.25, -0.2) is 4.98 Å². The molecular weight excluding hydrogens is 242 g/mol. The minimum Gasteiger partial charge on any atom is -0.312 e. The van der Waals surface area contributed by atoms with Crippen molar-refractivity contribution in [3.05, 3.63) is 16.6 Å². The molecule has 1 atom stereocenters. The number of rotatable bonds is 6. The summed E-state index contributed by atoms with van der Waals surface area (Å²) in [5.74, 6) is 0. The Morgan fingerprint density at radius 1 is 1.44 bits per heavy atom. The molecule has 1 aliphatic carbocycles. The topological polar surface area (TPSA) is 28.2 Å². The number of nitrogens with zero attached hydrogens (tertiary/aromatic N) is 2. The summed E-state index contributed by atoms with van der Waals surface area (Å²) in [6.45, 7) is 4.34. The molecule has 0 saturated heterocycles. The van der Waals surface area contributed by atoms with E-state index >= 15 is 0 Å². The van der Waals surface area contributed by atoms with Crippen LogP contribution in [0.15, 0.2) is 10.9 Å². The van der Waals surface area contributed by atoms with Gasteiger partial charge in [0, 0.05) is 30.6 Å². The monoisotopic (exact) mass is 267 g/mol. The number of hydrogen-bond donors (Lipinski definition) is 1. The van der Waals surface area contributed by atoms with E-state index in [9.17, 15) is 0 Å². The van der Waals surface area contributed by atoms with Gasteiger partial charge in [-0.05, 0) is 26.8 Å². The van der Waals surface area contributed by atoms with Gasteiger partial charge in [-0.1, -0.05) is 19.3 Å². The molecule has 2 rings (SSSR count). The molecule has 18 heavy (non-hydrogen) atoms. The highest BCUT2D eigenvalue weighted by Gasteiger charge is 2.15. The van der Waals surface area contributed by atoms with Gasteiger partial charge >= 0.3 is 0 Å². The van der Waals surface area contributed by atoms with Gasteiger partial charge in [0.05, 0.1) is 11.2 Å². The molecule has 1 aromatic rings. The Labute approximate surface area is 115 Å². The van der Waals surface area contributed by atoms with Crippen molar-refractivity contribution < 1.29 is 0 Å². The van der Waals surface area contributed by atoms with Crippen LogP contribution >= 0.6 is 11.3 Å². The van der Waals surface area contributed by atoms with Gasteiger partial charge in [0.25, 0.3) is 0 Å². The quantitative estimate of drug-likeness (QED) is 0.859. The van der Waals surface area contributed by atoms with Crippen molar-refractivity contribution in [2.45, 2.75) is 57.7 Å². The highest BCUT2D eigenvalue weighted by atomic mass is 32.1. The molecule has 1 saturated carbocycles. The molecule has 1 heterocycles. The van der Waals surface area contributed by atoms with Gasteiger partial charge < -0.3 is 5.32 Å². The molecule has 0 aromatic carbocycles. The van der Waals surface area contributed by atoms with Gasteiger partial charge in [0.15, 0.2) is 0 Å². The van der Waals surface area contributed by atoms with Gasteiger partial charge in [0.1, 0.15) is 0 Å². The van der Waals surface area contributed by atoms with Crippen LogP contribution in [0.3, 0.4) is 0 Å². The Balaban J connectivity index is 1.68. The van der Waals surface area contributed by atoms with Crippen molar-refractivity contribution in [1.82, 2.24) is 15.2 Å². The second-order valence-electron chi connectivity index (χ2n) is 5.49. The predicted molar refractivity (Wildman–Crippen MR) is 77.9 cm³/mol. The SMILES string of the molecule is CC(CNC1CCCCC1)N(C)Cc1cscn1. The highest BCUT2D eigenvalue weighted by molar-refractivity contribution is 7.07. The summed E-state index contributed by atoms with van der Waals surface area (Å²) >= 11 is 1.68. The van der Waals surface area contributed by atoms with Crippen LogP contribution in [0.5, 0.6) is 0 Å². The summed E-state index contributed by atoms with van der Waals surface area (Å²) < 4.78 is 0. The second kappa shape index (κ2) is 7.22. The number of thiazole rings is 1. The Hall–Kier alpha value is -0.450. The first kappa shape index (κ1) is 14.0. The first-order chi connectivity index (χ1) is 8.75. The van der Waals surface area contributed by atoms with E-state index in [-0.39, 0.29) is 0 Å². The molecule has 1 unspecified atom stereocenters. The molecule has 4 heteroatoms. The zero-order valence-electron chi connectivity index (χ0n) is 11.6. The fraction of sp³-hybridized carbons (Fsp3) is 0.786. The van der Waals surface area contributed by atoms with Crippen molar-refractivity contribution in [3.63, 3.8) is 0 Å². The second-order valence-corrected chi connectivity index (χ2v) is 6.21. The maximum Gasteiger partial charge on any atom is 0.0795 e. The lowest BCUT2D eigenvalue weighted by Crippen LogP contribution is -2.42. The third-order valence-electron chi connectivity index (χ3n) is 3.95. The number of hydrogen-bond acceptors (Lipinski definition) is 4. The first-order valence-corrected chi connectivity index (χ1v) is 8.00. The lowest BCUT2D eigenvalue weighted by atomic mass is 9.95. The largest absolute Gasteiger partial charge is 0.312 e. The Bertz CT molecular complexity index is 320. The maximum absolute atomic E-state index is 4.35. The van der Waals surface area contributed by atoms with Crippen LogP contribution in [0.2, 0.25) is 0 Å². The third kappa shape index (κ3) is 4.34. The van der Waals surface area contributed by atoms with Crippen molar-refractivity contribution in [2.75, 3.05) is 13.6 Å². The maximum atomic E-state index is 4.35. The summed E-state index contributed by atoms with van der Waals surface area (Å²) in [5.41, 5.74) is 3.10. The van der Waals surface area contributed by atoms with Gasteiger partial charge in [-0.15, -0.1) is 11.3 Å². The predicted octanol–water partition coefficient (Wildman–Crippen LogP) is 2.89. The highest BCUT2D eigenvalue weighted by Crippen LogP contribution is 2.17. The van der Waals surface area contributed by atoms with Gasteiger partial charge in [0.2, 0.25) is 0 Å². The van der Waals surface area contributed by atoms with Crippen molar-refractivity contribution in [2.24, 2.45) is 0 Å². The van der Waals surface area contributed by atoms with E-state index in [4.69, 9.17) is 0 Å². The standard InChI is InChI=1S/C14H25N3S/c1-12(8-15-13-6-4-3-5-7-13)17(2)9-14-10-18-11-16-14/h10-13,15H,3-9H2,1-2H3. The Morgan fingerprint density at radius 3 is 2.89 bits per heavy atom. The molecule has 3 nitrogen and oxygen atoms in total. The van der Waals surface area contributed by atoms with Crippen LogP contribution in [-0.2, 0) is 6.54 Å². The lowest BCUT2D eigenvalue weighted by Gasteiger charge is -2.28. The van der Waals surface area contributed by atoms with Gasteiger partial charge in [-0.3, -0.25) is 4.90 Å². The van der Waals surface area contributed by atoms with Crippen LogP contribution in [0.25, 0.3) is 0 Å². The van der Waals surface area contributed by atoms with Gasteiger partial charge in [-0.2, -0.15) is 0 Å². The zero-order chi connectivity index (χ0) is 12.8. The molecule has 0 spiro atoms. The summed E-state index contributed by atoms with van der Waals surface area (Å²) in [7, 11) is 2.19. The molecule has 102 valence electrons. The van der Waals surface area contributed by atoms with Crippen molar-refractivity contribution in [3.8, 4) is 0 Å². The molecule has 1 N–H and O–H groups in total. The summed E-state index contributed by atoms with van der Waals surface area (Å²) in [4.78, 5) is 6.72. The third-order valence-corrected chi connectivity index (χ3v) is 4.59. The lowest BCUT2D eigenvalue weighted by molar-refractivity contribution is 0.228. The summed E-state index contributed by atoms with van der Waals surface area (Å²) in [5, 5.41) is 5.86. The molecule has 0 aliphatic heterocycles. The average Bonchev–Trinajstić information content (AvgIpc) is 2.90. The van der Waals surface area contributed by atoms with Crippen LogP contribution < -0.4 is 5.32 Å². The number of aromatic nitrogens is 1. The van der Waals surface area contributed by atoms with E-state index in [2.05, 4.69) is 34.6 Å². The van der Waals surface area contributed by atoms with Crippen molar-refractivity contribution in [1.29, 1.82) is 0 Å². The number of nitrogens with one attached hydrogen (secondary N) is 1. The van der Waals surface area contributed by atoms with E-state index in [0.29, 0.717) is 6.04 Å². The van der Waals surface area contributed by atoms with Crippen molar-refractivity contribution >= 4 is 11.3 Å². The smallest absolute Gasteiger partial charge is 0.0795 e. The number of likely N-dealkylation sites (N-methyl/N-ethyl adjacent to an activating group) is 1. The minimum atomic E-state index is 0.564. The fourth-order valence-electron chi connectivity index (χ4n) is 2.53. The Kier molecular flexibility index (Phi) is 5.60. The fourth-order valence-corrected chi connectivity index (χ4v) is 3.08. The Morgan fingerprint density at radius 2 is 2.22 bits per heavy atom. The molecule has 0 amide bonds. The van der Waals surface area contributed by atoms with Crippen LogP contribution in [0.1, 0.15) is 44.7 Å². The summed E-state index contributed by atoms with van der Waals surface area (Å²) in [6.07, 6.45) is 6.96. The average molecular weight is 267 g/mol. The molecule has 1 fully saturated rings. The van der Waals surface area contributed by atoms with E-state index in [1.807, 2.05) is 5.51 Å². The summed E-state index contributed by atoms with van der Waals surface area (Å²) in [6, 6.07) is 1.32. The van der Waals surface area contributed by atoms with Crippen LogP contribution in [-0.4, -0.2) is 35.6 Å². The molecule has 1 aromatic heterocycles. The molecular formula is C14H25N3S. The minimum absolute atomic E-state index is 0.564. The van der Waals surface area contributed by atoms with E-state index < -0.39 is 0 Å². The molecule has 0 bridgehead atoms. The molecule has 1 aliphatic rings. The molecule has 0 radical (unpaired) electrons. The van der Waals surface area contributed by atoms with Crippen LogP contribution in [0.4, 0.5) is 0 Å². The van der Waals surface area contributed by atoms with Crippen LogP contribution in [0, 0.1) is 0 Å². The normalized spacial score (nSPS) is 19.3. The zero-order valence-corrected chi connectivity index (χ0v) is 12.4. The first-order valence-electron chi connectivity index (χ1n) is 7.06. The van der Waals surface area contributed by atoms with E-state index in [0.717, 1.165) is 19.1 Å². The van der Waals surface area contributed by atoms with E-state index in [1.54, 1.807) is 11.3 Å². The van der Waals surface area contributed by atoms with E-state index in [1.165, 1.54) is 37.8 Å².